The summed E-state index contributed by atoms with van der Waals surface area (Å²) in [4.78, 5) is 45.4. The molecule has 28 heavy (non-hydrogen) atoms. The summed E-state index contributed by atoms with van der Waals surface area (Å²) in [6.07, 6.45) is -5.54. The Kier molecular flexibility index (Phi) is 11.0. The molecule has 0 bridgehead atoms. The SMILES string of the molecule is Nc1nc(=O)n([C@@H]2O[C@H](CO)[C@@H](O)[C@H]2O)cc1OP(=O)([O-])OP(=O)([O-])O.[Na+].[Na+]. The zero-order chi connectivity index (χ0) is 19.9. The van der Waals surface area contributed by atoms with E-state index in [1.165, 1.54) is 0 Å². The van der Waals surface area contributed by atoms with Crippen LogP contribution < -0.4 is 84.8 Å². The summed E-state index contributed by atoms with van der Waals surface area (Å²) in [7, 11) is -11.4. The van der Waals surface area contributed by atoms with Gasteiger partial charge in [0.25, 0.3) is 7.82 Å². The van der Waals surface area contributed by atoms with E-state index >= 15 is 0 Å². The van der Waals surface area contributed by atoms with Gasteiger partial charge < -0.3 is 45.0 Å². The summed E-state index contributed by atoms with van der Waals surface area (Å²) in [5, 5.41) is 28.6. The first-order valence-corrected chi connectivity index (χ1v) is 9.57. The van der Waals surface area contributed by atoms with Gasteiger partial charge in [0, 0.05) is 0 Å². The summed E-state index contributed by atoms with van der Waals surface area (Å²) in [6.45, 7) is -0.700. The molecule has 6 atom stereocenters. The Morgan fingerprint density at radius 2 is 1.86 bits per heavy atom. The number of hydrogen-bond acceptors (Lipinski definition) is 13. The Labute approximate surface area is 200 Å². The fraction of sp³-hybridized carbons (Fsp3) is 0.556. The fourth-order valence-electron chi connectivity index (χ4n) is 2.09. The van der Waals surface area contributed by atoms with E-state index in [0.717, 1.165) is 0 Å². The van der Waals surface area contributed by atoms with Crippen LogP contribution in [0.4, 0.5) is 5.82 Å². The second-order valence-electron chi connectivity index (χ2n) is 5.00. The molecule has 0 aliphatic carbocycles. The molecule has 1 aromatic heterocycles. The topological polar surface area (TPSA) is 250 Å². The molecule has 1 fully saturated rings. The van der Waals surface area contributed by atoms with E-state index in [9.17, 15) is 33.9 Å². The molecule has 0 saturated carbocycles. The summed E-state index contributed by atoms with van der Waals surface area (Å²) in [5.74, 6) is -1.69. The van der Waals surface area contributed by atoms with Gasteiger partial charge in [-0.2, -0.15) is 4.98 Å². The van der Waals surface area contributed by atoms with Gasteiger partial charge in [-0.3, -0.25) is 13.7 Å². The first kappa shape index (κ1) is 28.6. The Balaban J connectivity index is 0.00000364. The smallest absolute Gasteiger partial charge is 0.756 e. The van der Waals surface area contributed by atoms with Crippen molar-refractivity contribution in [2.75, 3.05) is 12.3 Å². The van der Waals surface area contributed by atoms with Gasteiger partial charge in [0.1, 0.15) is 18.3 Å². The third kappa shape index (κ3) is 7.10. The number of nitrogens with two attached hydrogens (primary N) is 1. The predicted molar refractivity (Wildman–Crippen MR) is 75.1 cm³/mol. The molecule has 6 N–H and O–H groups in total. The van der Waals surface area contributed by atoms with Crippen molar-refractivity contribution in [2.45, 2.75) is 24.5 Å². The van der Waals surface area contributed by atoms with Gasteiger partial charge >= 0.3 is 72.6 Å². The molecule has 148 valence electrons. The third-order valence-electron chi connectivity index (χ3n) is 3.15. The van der Waals surface area contributed by atoms with Crippen LogP contribution in [0.1, 0.15) is 6.23 Å². The van der Waals surface area contributed by atoms with E-state index in [4.69, 9.17) is 20.5 Å². The summed E-state index contributed by atoms with van der Waals surface area (Å²) < 4.78 is 35.1. The van der Waals surface area contributed by atoms with Gasteiger partial charge in [-0.1, -0.05) is 0 Å². The number of aromatic nitrogens is 2. The van der Waals surface area contributed by atoms with Gasteiger partial charge in [-0.15, -0.1) is 0 Å². The van der Waals surface area contributed by atoms with Gasteiger partial charge in [0.2, 0.25) is 0 Å². The number of phosphoric ester groups is 1. The Morgan fingerprint density at radius 3 is 2.32 bits per heavy atom. The van der Waals surface area contributed by atoms with Crippen molar-refractivity contribution in [3.63, 3.8) is 0 Å². The van der Waals surface area contributed by atoms with Crippen molar-refractivity contribution in [1.82, 2.24) is 9.55 Å². The molecule has 15 nitrogen and oxygen atoms in total. The monoisotopic (exact) mass is 463 g/mol. The molecule has 0 aromatic carbocycles. The molecular formula is C9H13N3Na2O12P2. The van der Waals surface area contributed by atoms with E-state index in [1.54, 1.807) is 0 Å². The standard InChI is InChI=1S/C9H15N3O12P2.2Na/c10-7-3(23-26(20,21)24-25(17,18)19)1-12(9(16)11-7)8-6(15)5(14)4(2-13)22-8;;/h1,4-6,8,13-15H,2H2,(H,20,21)(H2,10,11,16)(H2,17,18,19);;/q;2*+1/p-2/t4-,5-,6-,8-;;/m1../s1. The minimum absolute atomic E-state index is 0. The van der Waals surface area contributed by atoms with E-state index in [0.29, 0.717) is 10.8 Å². The van der Waals surface area contributed by atoms with Gasteiger partial charge in [-0.25, -0.2) is 9.11 Å². The van der Waals surface area contributed by atoms with Crippen molar-refractivity contribution in [3.05, 3.63) is 16.7 Å². The number of nitrogen functional groups attached to an aromatic ring is 1. The van der Waals surface area contributed by atoms with Crippen molar-refractivity contribution in [3.8, 4) is 5.75 Å². The van der Waals surface area contributed by atoms with Crippen LogP contribution in [0.25, 0.3) is 0 Å². The van der Waals surface area contributed by atoms with E-state index in [1.807, 2.05) is 0 Å². The predicted octanol–water partition coefficient (Wildman–Crippen LogP) is -10.2. The zero-order valence-corrected chi connectivity index (χ0v) is 20.3. The first-order valence-electron chi connectivity index (χ1n) is 6.61. The molecule has 2 rings (SSSR count). The van der Waals surface area contributed by atoms with E-state index in [-0.39, 0.29) is 59.1 Å². The molecular weight excluding hydrogens is 450 g/mol. The largest absolute Gasteiger partial charge is 1.00 e. The molecule has 1 aromatic rings. The summed E-state index contributed by atoms with van der Waals surface area (Å²) >= 11 is 0. The Hall–Kier alpha value is 0.620. The van der Waals surface area contributed by atoms with Crippen LogP contribution in [0.2, 0.25) is 0 Å². The number of aliphatic hydroxyl groups excluding tert-OH is 3. The maximum absolute atomic E-state index is 11.9. The molecule has 1 aliphatic rings. The second-order valence-corrected chi connectivity index (χ2v) is 7.67. The van der Waals surface area contributed by atoms with Crippen molar-refractivity contribution in [1.29, 1.82) is 0 Å². The molecule has 2 unspecified atom stereocenters. The number of anilines is 1. The van der Waals surface area contributed by atoms with Crippen LogP contribution in [-0.4, -0.2) is 54.7 Å². The maximum atomic E-state index is 11.9. The zero-order valence-electron chi connectivity index (χ0n) is 14.5. The van der Waals surface area contributed by atoms with Gasteiger partial charge in [0.15, 0.2) is 17.8 Å². The molecule has 0 spiro atoms. The number of rotatable bonds is 6. The van der Waals surface area contributed by atoms with Crippen LogP contribution in [0.15, 0.2) is 11.0 Å². The van der Waals surface area contributed by atoms with Crippen molar-refractivity contribution < 1.29 is 112 Å². The normalized spacial score (nSPS) is 28.4. The molecule has 2 heterocycles. The van der Waals surface area contributed by atoms with Gasteiger partial charge in [-0.05, 0) is 0 Å². The van der Waals surface area contributed by atoms with Gasteiger partial charge in [0.05, 0.1) is 12.8 Å². The van der Waals surface area contributed by atoms with Crippen LogP contribution in [-0.2, 0) is 18.2 Å². The minimum Gasteiger partial charge on any atom is -0.756 e. The van der Waals surface area contributed by atoms with Crippen LogP contribution in [0.5, 0.6) is 5.75 Å². The summed E-state index contributed by atoms with van der Waals surface area (Å²) in [5.41, 5.74) is 4.16. The number of aliphatic hydroxyl groups is 3. The summed E-state index contributed by atoms with van der Waals surface area (Å²) in [6, 6.07) is 0. The third-order valence-corrected chi connectivity index (χ3v) is 5.20. The molecule has 19 heteroatoms. The quantitative estimate of drug-likeness (QED) is 0.194. The minimum atomic E-state index is -5.72. The molecule has 0 radical (unpaired) electrons. The average Bonchev–Trinajstić information content (AvgIpc) is 2.75. The fourth-order valence-corrected chi connectivity index (χ4v) is 3.62. The van der Waals surface area contributed by atoms with E-state index < -0.39 is 64.0 Å². The van der Waals surface area contributed by atoms with Crippen molar-refractivity contribution >= 4 is 21.5 Å². The van der Waals surface area contributed by atoms with Crippen molar-refractivity contribution in [2.24, 2.45) is 0 Å². The van der Waals surface area contributed by atoms with Crippen LogP contribution >= 0.6 is 15.6 Å². The average molecular weight is 463 g/mol. The number of hydrogen-bond donors (Lipinski definition) is 5. The Bertz CT molecular complexity index is 833. The number of nitrogens with zero attached hydrogens (tertiary/aromatic N) is 2. The first-order chi connectivity index (χ1) is 11.8. The second kappa shape index (κ2) is 10.8. The Morgan fingerprint density at radius 1 is 1.29 bits per heavy atom. The van der Waals surface area contributed by atoms with E-state index in [2.05, 4.69) is 13.8 Å². The van der Waals surface area contributed by atoms with Crippen LogP contribution in [0.3, 0.4) is 0 Å². The number of ether oxygens (including phenoxy) is 1. The molecule has 0 amide bonds. The maximum Gasteiger partial charge on any atom is 1.00 e. The molecule has 1 saturated heterocycles. The molecule has 1 aliphatic heterocycles. The number of phosphoric acid groups is 2. The van der Waals surface area contributed by atoms with Crippen LogP contribution in [0, 0.1) is 0 Å².